The molecule has 2 heterocycles. The Bertz CT molecular complexity index is 684. The molecule has 0 bridgehead atoms. The lowest BCUT2D eigenvalue weighted by atomic mass is 10.1. The fourth-order valence-corrected chi connectivity index (χ4v) is 3.48. The smallest absolute Gasteiger partial charge is 0.354 e. The Hall–Kier alpha value is -1.86. The molecule has 1 saturated heterocycles. The van der Waals surface area contributed by atoms with Crippen LogP contribution < -0.4 is 0 Å². The van der Waals surface area contributed by atoms with Gasteiger partial charge in [-0.15, -0.1) is 0 Å². The minimum atomic E-state index is -0.995. The maximum Gasteiger partial charge on any atom is 0.354 e. The van der Waals surface area contributed by atoms with E-state index in [-0.39, 0.29) is 11.1 Å². The standard InChI is InChI=1S/C17H18N2O2/c1-11-6-12(7-15(18-11)16(20)21)4-5-17-8-13(17)9-19(10-17)14-2-3-14/h6-7,13-14H,2-3,8-10H2,1H3,(H,20,21)/t13-,17+/m0/s1. The second-order valence-corrected chi connectivity index (χ2v) is 6.66. The van der Waals surface area contributed by atoms with Crippen molar-refractivity contribution in [2.75, 3.05) is 13.1 Å². The van der Waals surface area contributed by atoms with Crippen LogP contribution >= 0.6 is 0 Å². The first-order chi connectivity index (χ1) is 10.1. The number of aryl methyl sites for hydroxylation is 1. The maximum atomic E-state index is 11.0. The molecule has 0 spiro atoms. The van der Waals surface area contributed by atoms with Crippen LogP contribution in [0.4, 0.5) is 0 Å². The number of hydrogen-bond acceptors (Lipinski definition) is 3. The molecular weight excluding hydrogens is 264 g/mol. The number of piperidine rings is 1. The van der Waals surface area contributed by atoms with Crippen molar-refractivity contribution < 1.29 is 9.90 Å². The molecule has 0 amide bonds. The molecule has 3 fully saturated rings. The Morgan fingerprint density at radius 2 is 2.29 bits per heavy atom. The lowest BCUT2D eigenvalue weighted by Gasteiger charge is -2.17. The fourth-order valence-electron chi connectivity index (χ4n) is 3.48. The molecule has 1 aromatic heterocycles. The minimum Gasteiger partial charge on any atom is -0.477 e. The highest BCUT2D eigenvalue weighted by molar-refractivity contribution is 5.85. The summed E-state index contributed by atoms with van der Waals surface area (Å²) in [7, 11) is 0. The van der Waals surface area contributed by atoms with E-state index in [2.05, 4.69) is 21.7 Å². The number of carbonyl (C=O) groups is 1. The average Bonchev–Trinajstić information content (AvgIpc) is 3.35. The Morgan fingerprint density at radius 1 is 1.48 bits per heavy atom. The molecule has 1 aliphatic heterocycles. The van der Waals surface area contributed by atoms with Crippen molar-refractivity contribution in [3.8, 4) is 11.8 Å². The summed E-state index contributed by atoms with van der Waals surface area (Å²) in [4.78, 5) is 17.6. The van der Waals surface area contributed by atoms with Crippen LogP contribution in [-0.4, -0.2) is 40.1 Å². The highest BCUT2D eigenvalue weighted by Crippen LogP contribution is 2.58. The monoisotopic (exact) mass is 282 g/mol. The van der Waals surface area contributed by atoms with Crippen LogP contribution in [0.25, 0.3) is 0 Å². The van der Waals surface area contributed by atoms with Crippen molar-refractivity contribution in [2.45, 2.75) is 32.2 Å². The largest absolute Gasteiger partial charge is 0.477 e. The van der Waals surface area contributed by atoms with E-state index < -0.39 is 5.97 Å². The summed E-state index contributed by atoms with van der Waals surface area (Å²) in [5.74, 6) is 6.38. The quantitative estimate of drug-likeness (QED) is 0.842. The van der Waals surface area contributed by atoms with Crippen molar-refractivity contribution in [2.24, 2.45) is 11.3 Å². The number of aromatic nitrogens is 1. The molecule has 4 heteroatoms. The molecule has 3 aliphatic rings. The Balaban J connectivity index is 1.56. The molecule has 2 saturated carbocycles. The van der Waals surface area contributed by atoms with E-state index >= 15 is 0 Å². The number of hydrogen-bond donors (Lipinski definition) is 1. The summed E-state index contributed by atoms with van der Waals surface area (Å²) >= 11 is 0. The first kappa shape index (κ1) is 12.8. The van der Waals surface area contributed by atoms with Gasteiger partial charge in [0.05, 0.1) is 0 Å². The van der Waals surface area contributed by atoms with Gasteiger partial charge in [0, 0.05) is 35.8 Å². The molecule has 4 rings (SSSR count). The van der Waals surface area contributed by atoms with Gasteiger partial charge in [0.25, 0.3) is 0 Å². The highest BCUT2D eigenvalue weighted by atomic mass is 16.4. The second kappa shape index (κ2) is 4.32. The van der Waals surface area contributed by atoms with Gasteiger partial charge >= 0.3 is 5.97 Å². The fraction of sp³-hybridized carbons (Fsp3) is 0.529. The van der Waals surface area contributed by atoms with E-state index in [0.29, 0.717) is 5.69 Å². The molecule has 0 aromatic carbocycles. The molecule has 21 heavy (non-hydrogen) atoms. The second-order valence-electron chi connectivity index (χ2n) is 6.66. The van der Waals surface area contributed by atoms with Crippen molar-refractivity contribution >= 4 is 5.97 Å². The number of carboxylic acids is 1. The SMILES string of the molecule is Cc1cc(C#C[C@]23C[C@H]2CN(C2CC2)C3)cc(C(=O)O)n1. The van der Waals surface area contributed by atoms with Gasteiger partial charge < -0.3 is 5.11 Å². The highest BCUT2D eigenvalue weighted by Gasteiger charge is 2.60. The van der Waals surface area contributed by atoms with Crippen LogP contribution in [0.3, 0.4) is 0 Å². The molecular formula is C17H18N2O2. The molecule has 2 atom stereocenters. The third-order valence-corrected chi connectivity index (χ3v) is 4.86. The van der Waals surface area contributed by atoms with E-state index in [9.17, 15) is 4.79 Å². The van der Waals surface area contributed by atoms with Gasteiger partial charge in [0.2, 0.25) is 0 Å². The molecule has 4 nitrogen and oxygen atoms in total. The van der Waals surface area contributed by atoms with Crippen molar-refractivity contribution in [1.29, 1.82) is 0 Å². The molecule has 1 aromatic rings. The van der Waals surface area contributed by atoms with Crippen molar-refractivity contribution in [1.82, 2.24) is 9.88 Å². The van der Waals surface area contributed by atoms with Crippen LogP contribution in [0.1, 0.15) is 41.0 Å². The van der Waals surface area contributed by atoms with Crippen LogP contribution in [-0.2, 0) is 0 Å². The van der Waals surface area contributed by atoms with E-state index in [1.807, 2.05) is 6.07 Å². The summed E-state index contributed by atoms with van der Waals surface area (Å²) in [6.07, 6.45) is 3.91. The molecule has 108 valence electrons. The van der Waals surface area contributed by atoms with Gasteiger partial charge in [-0.25, -0.2) is 9.78 Å². The molecule has 0 radical (unpaired) electrons. The topological polar surface area (TPSA) is 53.4 Å². The number of nitrogens with zero attached hydrogens (tertiary/aromatic N) is 2. The molecule has 1 N–H and O–H groups in total. The lowest BCUT2D eigenvalue weighted by molar-refractivity contribution is 0.0690. The van der Waals surface area contributed by atoms with E-state index in [1.54, 1.807) is 13.0 Å². The van der Waals surface area contributed by atoms with Gasteiger partial charge in [-0.3, -0.25) is 4.90 Å². The third-order valence-electron chi connectivity index (χ3n) is 4.86. The van der Waals surface area contributed by atoms with Crippen LogP contribution in [0.2, 0.25) is 0 Å². The number of carboxylic acid groups (broad SMARTS) is 1. The third kappa shape index (κ3) is 2.32. The first-order valence-electron chi connectivity index (χ1n) is 7.55. The predicted molar refractivity (Wildman–Crippen MR) is 77.9 cm³/mol. The lowest BCUT2D eigenvalue weighted by Crippen LogP contribution is -2.26. The van der Waals surface area contributed by atoms with Gasteiger partial charge in [0.15, 0.2) is 0 Å². The van der Waals surface area contributed by atoms with Gasteiger partial charge in [-0.2, -0.15) is 0 Å². The summed E-state index contributed by atoms with van der Waals surface area (Å²) in [6.45, 7) is 4.11. The van der Waals surface area contributed by atoms with E-state index in [4.69, 9.17) is 5.11 Å². The van der Waals surface area contributed by atoms with Gasteiger partial charge in [-0.05, 0) is 44.2 Å². The van der Waals surface area contributed by atoms with Crippen LogP contribution in [0, 0.1) is 30.1 Å². The summed E-state index contributed by atoms with van der Waals surface area (Å²) in [5, 5.41) is 9.06. The van der Waals surface area contributed by atoms with Crippen molar-refractivity contribution in [3.05, 3.63) is 29.1 Å². The number of fused-ring (bicyclic) bond motifs is 1. The van der Waals surface area contributed by atoms with E-state index in [0.717, 1.165) is 24.1 Å². The Labute approximate surface area is 124 Å². The average molecular weight is 282 g/mol. The van der Waals surface area contributed by atoms with Gasteiger partial charge in [0.1, 0.15) is 5.69 Å². The number of rotatable bonds is 2. The predicted octanol–water partition coefficient (Wildman–Crippen LogP) is 1.92. The minimum absolute atomic E-state index is 0.0789. The number of likely N-dealkylation sites (tertiary alicyclic amines) is 1. The zero-order valence-electron chi connectivity index (χ0n) is 12.1. The molecule has 0 unspecified atom stereocenters. The normalized spacial score (nSPS) is 30.4. The summed E-state index contributed by atoms with van der Waals surface area (Å²) in [6, 6.07) is 4.25. The zero-order chi connectivity index (χ0) is 14.6. The number of pyridine rings is 1. The maximum absolute atomic E-state index is 11.0. The van der Waals surface area contributed by atoms with Crippen LogP contribution in [0.5, 0.6) is 0 Å². The Morgan fingerprint density at radius 3 is 3.00 bits per heavy atom. The first-order valence-corrected chi connectivity index (χ1v) is 7.55. The number of aromatic carboxylic acids is 1. The van der Waals surface area contributed by atoms with Crippen LogP contribution in [0.15, 0.2) is 12.1 Å². The van der Waals surface area contributed by atoms with E-state index in [1.165, 1.54) is 25.8 Å². The zero-order valence-corrected chi connectivity index (χ0v) is 12.1. The van der Waals surface area contributed by atoms with Gasteiger partial charge in [-0.1, -0.05) is 11.8 Å². The van der Waals surface area contributed by atoms with Crippen molar-refractivity contribution in [3.63, 3.8) is 0 Å². The molecule has 2 aliphatic carbocycles. The summed E-state index contributed by atoms with van der Waals surface area (Å²) in [5.41, 5.74) is 1.73. The summed E-state index contributed by atoms with van der Waals surface area (Å²) < 4.78 is 0. The Kier molecular flexibility index (Phi) is 2.64.